The zero-order valence-electron chi connectivity index (χ0n) is 16.1. The Morgan fingerprint density at radius 2 is 1.92 bits per heavy atom. The number of ether oxygens (including phenoxy) is 2. The van der Waals surface area contributed by atoms with Gasteiger partial charge in [-0.25, -0.2) is 4.79 Å². The molecule has 3 atom stereocenters. The fourth-order valence-electron chi connectivity index (χ4n) is 4.28. The van der Waals surface area contributed by atoms with Crippen LogP contribution in [-0.2, 0) is 23.1 Å². The third-order valence-corrected chi connectivity index (χ3v) is 9.80. The van der Waals surface area contributed by atoms with Gasteiger partial charge in [0.05, 0.1) is 0 Å². The summed E-state index contributed by atoms with van der Waals surface area (Å²) < 4.78 is 24.1. The lowest BCUT2D eigenvalue weighted by Crippen LogP contribution is -2.74. The minimum Gasteiger partial charge on any atom is -0.456 e. The van der Waals surface area contributed by atoms with Crippen molar-refractivity contribution >= 4 is 14.5 Å². The quantitative estimate of drug-likeness (QED) is 0.357. The predicted molar refractivity (Wildman–Crippen MR) is 96.9 cm³/mol. The molecular weight excluding hydrogens is 324 g/mol. The molecule has 5 nitrogen and oxygen atoms in total. The number of methoxy groups -OCH3 is 1. The van der Waals surface area contributed by atoms with Gasteiger partial charge in [0, 0.05) is 26.9 Å². The van der Waals surface area contributed by atoms with Crippen molar-refractivity contribution in [1.29, 1.82) is 0 Å². The van der Waals surface area contributed by atoms with E-state index >= 15 is 0 Å². The zero-order chi connectivity index (χ0) is 18.4. The molecular formula is C18H34O5Si. The van der Waals surface area contributed by atoms with Crippen molar-refractivity contribution in [2.45, 2.75) is 70.2 Å². The molecule has 1 aliphatic heterocycles. The van der Waals surface area contributed by atoms with Gasteiger partial charge in [-0.05, 0) is 38.1 Å². The van der Waals surface area contributed by atoms with Crippen LogP contribution in [-0.4, -0.2) is 47.2 Å². The molecule has 0 spiro atoms. The lowest BCUT2D eigenvalue weighted by atomic mass is 9.86. The highest BCUT2D eigenvalue weighted by Crippen LogP contribution is 2.49. The molecule has 0 aliphatic carbocycles. The summed E-state index contributed by atoms with van der Waals surface area (Å²) in [4.78, 5) is 12.2. The monoisotopic (exact) mass is 358 g/mol. The van der Waals surface area contributed by atoms with Crippen LogP contribution in [0.15, 0.2) is 12.2 Å². The van der Waals surface area contributed by atoms with Crippen molar-refractivity contribution in [3.8, 4) is 0 Å². The number of rotatable bonds is 9. The van der Waals surface area contributed by atoms with Gasteiger partial charge < -0.3 is 18.3 Å². The van der Waals surface area contributed by atoms with Crippen molar-refractivity contribution in [2.75, 3.05) is 21.3 Å². The maximum atomic E-state index is 12.2. The highest BCUT2D eigenvalue weighted by molar-refractivity contribution is 6.71. The topological polar surface area (TPSA) is 54.0 Å². The average Bonchev–Trinajstić information content (AvgIpc) is 2.59. The average molecular weight is 359 g/mol. The second kappa shape index (κ2) is 9.13. The van der Waals surface area contributed by atoms with E-state index < -0.39 is 19.9 Å². The normalized spacial score (nSPS) is 27.5. The van der Waals surface area contributed by atoms with Crippen LogP contribution in [0.2, 0.25) is 6.04 Å². The Morgan fingerprint density at radius 1 is 1.29 bits per heavy atom. The van der Waals surface area contributed by atoms with E-state index in [9.17, 15) is 4.79 Å². The second-order valence-electron chi connectivity index (χ2n) is 6.62. The van der Waals surface area contributed by atoms with Crippen molar-refractivity contribution in [1.82, 2.24) is 0 Å². The Morgan fingerprint density at radius 3 is 2.33 bits per heavy atom. The number of carbonyl (C=O) groups is 1. The summed E-state index contributed by atoms with van der Waals surface area (Å²) >= 11 is 0. The first-order chi connectivity index (χ1) is 11.4. The minimum absolute atomic E-state index is 0.246. The molecule has 0 N–H and O–H groups in total. The first-order valence-electron chi connectivity index (χ1n) is 8.90. The minimum atomic E-state index is -2.73. The van der Waals surface area contributed by atoms with Gasteiger partial charge in [0.2, 0.25) is 0 Å². The summed E-state index contributed by atoms with van der Waals surface area (Å²) in [6.07, 6.45) is 4.36. The highest BCUT2D eigenvalue weighted by atomic mass is 28.4. The summed E-state index contributed by atoms with van der Waals surface area (Å²) in [6.45, 7) is 9.54. The molecule has 1 heterocycles. The van der Waals surface area contributed by atoms with E-state index in [2.05, 4.69) is 13.5 Å². The standard InChI is InChI=1S/C18H34O5Si/c1-8-11-15-12-10-13-24(21-6,22-7)18(15,20-5)16(9-2)23-17(19)14(3)4/h15-16H,3,8-13H2,1-2,4-7H3. The Labute approximate surface area is 147 Å². The highest BCUT2D eigenvalue weighted by Gasteiger charge is 2.67. The van der Waals surface area contributed by atoms with Crippen LogP contribution in [0.1, 0.15) is 52.9 Å². The van der Waals surface area contributed by atoms with E-state index in [0.717, 1.165) is 31.7 Å². The van der Waals surface area contributed by atoms with Gasteiger partial charge in [-0.3, -0.25) is 0 Å². The lowest BCUT2D eigenvalue weighted by Gasteiger charge is -2.55. The van der Waals surface area contributed by atoms with Crippen LogP contribution in [0.3, 0.4) is 0 Å². The fourth-order valence-corrected chi connectivity index (χ4v) is 8.53. The van der Waals surface area contributed by atoms with E-state index in [4.69, 9.17) is 18.3 Å². The third kappa shape index (κ3) is 3.61. The first-order valence-corrected chi connectivity index (χ1v) is 10.9. The Kier molecular flexibility index (Phi) is 8.12. The van der Waals surface area contributed by atoms with Gasteiger partial charge >= 0.3 is 14.5 Å². The number of hydrogen-bond donors (Lipinski definition) is 0. The van der Waals surface area contributed by atoms with Gasteiger partial charge in [-0.15, -0.1) is 0 Å². The van der Waals surface area contributed by atoms with Crippen molar-refractivity contribution in [2.24, 2.45) is 5.92 Å². The van der Waals surface area contributed by atoms with Crippen molar-refractivity contribution in [3.05, 3.63) is 12.2 Å². The summed E-state index contributed by atoms with van der Waals surface area (Å²) in [5.74, 6) is -0.134. The first kappa shape index (κ1) is 21.3. The maximum Gasteiger partial charge on any atom is 0.374 e. The SMILES string of the molecule is C=C(C)C(=O)OC(CC)C1(OC)C(CCC)CCC[Si]1(OC)OC. The molecule has 6 heteroatoms. The zero-order valence-corrected chi connectivity index (χ0v) is 17.1. The molecule has 140 valence electrons. The molecule has 0 saturated carbocycles. The molecule has 0 aromatic heterocycles. The van der Waals surface area contributed by atoms with Gasteiger partial charge in [-0.1, -0.05) is 33.3 Å². The maximum absolute atomic E-state index is 12.2. The number of hydrogen-bond acceptors (Lipinski definition) is 5. The molecule has 0 radical (unpaired) electrons. The third-order valence-electron chi connectivity index (χ3n) is 5.34. The van der Waals surface area contributed by atoms with Crippen molar-refractivity contribution < 1.29 is 23.1 Å². The molecule has 1 saturated heterocycles. The molecule has 3 unspecified atom stereocenters. The largest absolute Gasteiger partial charge is 0.456 e. The van der Waals surface area contributed by atoms with Crippen molar-refractivity contribution in [3.63, 3.8) is 0 Å². The summed E-state index contributed by atoms with van der Waals surface area (Å²) in [5, 5.41) is -0.704. The Hall–Kier alpha value is -0.693. The van der Waals surface area contributed by atoms with E-state index in [0.29, 0.717) is 12.0 Å². The molecule has 1 rings (SSSR count). The van der Waals surface area contributed by atoms with Gasteiger partial charge in [0.25, 0.3) is 0 Å². The van der Waals surface area contributed by atoms with E-state index in [1.54, 1.807) is 28.3 Å². The molecule has 0 aromatic rings. The van der Waals surface area contributed by atoms with Crippen LogP contribution in [0.25, 0.3) is 0 Å². The predicted octanol–water partition coefficient (Wildman–Crippen LogP) is 3.75. The fraction of sp³-hybridized carbons (Fsp3) is 0.833. The molecule has 0 bridgehead atoms. The molecule has 1 aliphatic rings. The summed E-state index contributed by atoms with van der Waals surface area (Å²) in [7, 11) is 2.37. The summed E-state index contributed by atoms with van der Waals surface area (Å²) in [6, 6.07) is 0.842. The summed E-state index contributed by atoms with van der Waals surface area (Å²) in [5.41, 5.74) is 0.393. The lowest BCUT2D eigenvalue weighted by molar-refractivity contribution is -0.170. The van der Waals surface area contributed by atoms with Crippen LogP contribution in [0.5, 0.6) is 0 Å². The number of esters is 1. The van der Waals surface area contributed by atoms with Crippen LogP contribution in [0, 0.1) is 5.92 Å². The smallest absolute Gasteiger partial charge is 0.374 e. The van der Waals surface area contributed by atoms with Crippen LogP contribution in [0.4, 0.5) is 0 Å². The molecule has 1 fully saturated rings. The number of carbonyl (C=O) groups excluding carboxylic acids is 1. The van der Waals surface area contributed by atoms with Gasteiger partial charge in [0.15, 0.2) is 5.22 Å². The van der Waals surface area contributed by atoms with E-state index in [1.165, 1.54) is 0 Å². The van der Waals surface area contributed by atoms with Gasteiger partial charge in [0.1, 0.15) is 6.10 Å². The molecule has 0 amide bonds. The van der Waals surface area contributed by atoms with Gasteiger partial charge in [-0.2, -0.15) is 0 Å². The Balaban J connectivity index is 3.41. The molecule has 0 aromatic carbocycles. The van der Waals surface area contributed by atoms with Crippen LogP contribution >= 0.6 is 0 Å². The molecule has 24 heavy (non-hydrogen) atoms. The van der Waals surface area contributed by atoms with Crippen LogP contribution < -0.4 is 0 Å². The van der Waals surface area contributed by atoms with E-state index in [-0.39, 0.29) is 11.9 Å². The van der Waals surface area contributed by atoms with E-state index in [1.807, 2.05) is 6.92 Å². The second-order valence-corrected chi connectivity index (χ2v) is 10.2. The Bertz CT molecular complexity index is 433.